The van der Waals surface area contributed by atoms with Crippen LogP contribution in [-0.2, 0) is 0 Å². The van der Waals surface area contributed by atoms with Crippen LogP contribution in [-0.4, -0.2) is 13.1 Å². The molecule has 1 nitrogen and oxygen atoms in total. The molecule has 0 spiro atoms. The number of rotatable bonds is 4. The van der Waals surface area contributed by atoms with E-state index in [1.54, 1.807) is 0 Å². The molecule has 0 aromatic heterocycles. The molecule has 3 atom stereocenters. The van der Waals surface area contributed by atoms with Crippen molar-refractivity contribution in [3.05, 3.63) is 0 Å². The Morgan fingerprint density at radius 1 is 1.12 bits per heavy atom. The molecule has 0 aliphatic heterocycles. The molecule has 0 radical (unpaired) electrons. The fourth-order valence-electron chi connectivity index (χ4n) is 3.77. The minimum atomic E-state index is 0.427. The molecule has 1 N–H and O–H groups in total. The Hall–Kier alpha value is -0.0400. The minimum Gasteiger partial charge on any atom is -0.316 e. The third kappa shape index (κ3) is 3.23. The lowest BCUT2D eigenvalue weighted by atomic mass is 9.66. The van der Waals surface area contributed by atoms with Gasteiger partial charge in [0.15, 0.2) is 0 Å². The van der Waals surface area contributed by atoms with Crippen LogP contribution in [0.1, 0.15) is 60.3 Å². The zero-order valence-corrected chi connectivity index (χ0v) is 12.1. The van der Waals surface area contributed by atoms with Crippen LogP contribution in [0.5, 0.6) is 0 Å². The Morgan fingerprint density at radius 2 is 1.62 bits per heavy atom. The van der Waals surface area contributed by atoms with E-state index in [1.165, 1.54) is 25.7 Å². The molecule has 1 heteroatoms. The average Bonchev–Trinajstić information content (AvgIpc) is 2.16. The standard InChI is InChI=1S/C15H31N/c1-7-15(4,5)14(16-6)13-9-11(2)8-12(3)10-13/h11-14,16H,7-10H2,1-6H3. The summed E-state index contributed by atoms with van der Waals surface area (Å²) in [6.45, 7) is 12.0. The fraction of sp³-hybridized carbons (Fsp3) is 1.00. The maximum Gasteiger partial charge on any atom is 0.0144 e. The summed E-state index contributed by atoms with van der Waals surface area (Å²) in [5.41, 5.74) is 0.427. The molecule has 1 aliphatic carbocycles. The summed E-state index contributed by atoms with van der Waals surface area (Å²) in [6.07, 6.45) is 5.52. The van der Waals surface area contributed by atoms with Crippen molar-refractivity contribution >= 4 is 0 Å². The Balaban J connectivity index is 2.72. The van der Waals surface area contributed by atoms with Crippen molar-refractivity contribution in [3.8, 4) is 0 Å². The second kappa shape index (κ2) is 5.53. The molecule has 0 amide bonds. The Labute approximate surface area is 102 Å². The lowest BCUT2D eigenvalue weighted by Crippen LogP contribution is -2.47. The highest BCUT2D eigenvalue weighted by atomic mass is 14.9. The van der Waals surface area contributed by atoms with E-state index in [1.807, 2.05) is 0 Å². The Bertz CT molecular complexity index is 199. The highest BCUT2D eigenvalue weighted by Crippen LogP contribution is 2.40. The molecule has 0 heterocycles. The number of hydrogen-bond donors (Lipinski definition) is 1. The summed E-state index contributed by atoms with van der Waals surface area (Å²) in [7, 11) is 2.14. The fourth-order valence-corrected chi connectivity index (χ4v) is 3.77. The van der Waals surface area contributed by atoms with Gasteiger partial charge in [0.05, 0.1) is 0 Å². The van der Waals surface area contributed by atoms with Gasteiger partial charge in [-0.05, 0) is 55.9 Å². The topological polar surface area (TPSA) is 12.0 Å². The van der Waals surface area contributed by atoms with Crippen molar-refractivity contribution in [1.29, 1.82) is 0 Å². The van der Waals surface area contributed by atoms with Crippen LogP contribution >= 0.6 is 0 Å². The third-order valence-corrected chi connectivity index (χ3v) is 4.75. The van der Waals surface area contributed by atoms with Gasteiger partial charge in [-0.25, -0.2) is 0 Å². The Kier molecular flexibility index (Phi) is 4.85. The van der Waals surface area contributed by atoms with Gasteiger partial charge in [-0.2, -0.15) is 0 Å². The van der Waals surface area contributed by atoms with E-state index in [9.17, 15) is 0 Å². The Morgan fingerprint density at radius 3 is 2.00 bits per heavy atom. The van der Waals surface area contributed by atoms with E-state index in [2.05, 4.69) is 47.0 Å². The minimum absolute atomic E-state index is 0.427. The molecule has 0 saturated heterocycles. The van der Waals surface area contributed by atoms with Crippen LogP contribution in [0.25, 0.3) is 0 Å². The first-order chi connectivity index (χ1) is 7.40. The summed E-state index contributed by atoms with van der Waals surface area (Å²) in [4.78, 5) is 0. The van der Waals surface area contributed by atoms with Crippen LogP contribution in [0.15, 0.2) is 0 Å². The molecular formula is C15H31N. The molecule has 1 aliphatic rings. The quantitative estimate of drug-likeness (QED) is 0.760. The van der Waals surface area contributed by atoms with Crippen LogP contribution in [0.3, 0.4) is 0 Å². The maximum atomic E-state index is 3.60. The van der Waals surface area contributed by atoms with Gasteiger partial charge in [-0.15, -0.1) is 0 Å². The van der Waals surface area contributed by atoms with E-state index >= 15 is 0 Å². The maximum absolute atomic E-state index is 3.60. The third-order valence-electron chi connectivity index (χ3n) is 4.75. The molecule has 1 saturated carbocycles. The van der Waals surface area contributed by atoms with Crippen molar-refractivity contribution in [1.82, 2.24) is 5.32 Å². The van der Waals surface area contributed by atoms with Crippen molar-refractivity contribution in [2.24, 2.45) is 23.2 Å². The molecule has 16 heavy (non-hydrogen) atoms. The van der Waals surface area contributed by atoms with E-state index in [0.717, 1.165) is 17.8 Å². The van der Waals surface area contributed by atoms with Gasteiger partial charge in [0.2, 0.25) is 0 Å². The first-order valence-corrected chi connectivity index (χ1v) is 7.08. The van der Waals surface area contributed by atoms with Crippen LogP contribution in [0.2, 0.25) is 0 Å². The molecule has 0 aromatic carbocycles. The first-order valence-electron chi connectivity index (χ1n) is 7.08. The van der Waals surface area contributed by atoms with Crippen LogP contribution in [0.4, 0.5) is 0 Å². The van der Waals surface area contributed by atoms with Crippen molar-refractivity contribution in [2.45, 2.75) is 66.3 Å². The largest absolute Gasteiger partial charge is 0.316 e. The average molecular weight is 225 g/mol. The van der Waals surface area contributed by atoms with Gasteiger partial charge >= 0.3 is 0 Å². The van der Waals surface area contributed by atoms with Gasteiger partial charge in [-0.3, -0.25) is 0 Å². The normalized spacial score (nSPS) is 33.8. The first kappa shape index (κ1) is 14.0. The summed E-state index contributed by atoms with van der Waals surface area (Å²) >= 11 is 0. The summed E-state index contributed by atoms with van der Waals surface area (Å²) in [6, 6.07) is 0.683. The molecule has 3 unspecified atom stereocenters. The molecular weight excluding hydrogens is 194 g/mol. The summed E-state index contributed by atoms with van der Waals surface area (Å²) in [5.74, 6) is 2.70. The predicted molar refractivity (Wildman–Crippen MR) is 72.6 cm³/mol. The zero-order chi connectivity index (χ0) is 12.3. The zero-order valence-electron chi connectivity index (χ0n) is 12.1. The second-order valence-electron chi connectivity index (χ2n) is 6.79. The highest BCUT2D eigenvalue weighted by Gasteiger charge is 2.36. The van der Waals surface area contributed by atoms with Crippen LogP contribution < -0.4 is 5.32 Å². The van der Waals surface area contributed by atoms with E-state index < -0.39 is 0 Å². The SMILES string of the molecule is CCC(C)(C)C(NC)C1CC(C)CC(C)C1. The van der Waals surface area contributed by atoms with E-state index in [-0.39, 0.29) is 0 Å². The van der Waals surface area contributed by atoms with E-state index in [4.69, 9.17) is 0 Å². The van der Waals surface area contributed by atoms with Gasteiger partial charge in [0, 0.05) is 6.04 Å². The monoisotopic (exact) mass is 225 g/mol. The molecule has 96 valence electrons. The molecule has 1 rings (SSSR count). The van der Waals surface area contributed by atoms with Gasteiger partial charge in [0.1, 0.15) is 0 Å². The smallest absolute Gasteiger partial charge is 0.0144 e. The molecule has 1 fully saturated rings. The van der Waals surface area contributed by atoms with Gasteiger partial charge in [0.25, 0.3) is 0 Å². The predicted octanol–water partition coefficient (Wildman–Crippen LogP) is 4.08. The van der Waals surface area contributed by atoms with Crippen LogP contribution in [0, 0.1) is 23.2 Å². The van der Waals surface area contributed by atoms with Gasteiger partial charge in [-0.1, -0.05) is 34.6 Å². The number of hydrogen-bond acceptors (Lipinski definition) is 1. The molecule has 0 bridgehead atoms. The highest BCUT2D eigenvalue weighted by molar-refractivity contribution is 4.91. The lowest BCUT2D eigenvalue weighted by molar-refractivity contribution is 0.105. The number of nitrogens with one attached hydrogen (secondary N) is 1. The lowest BCUT2D eigenvalue weighted by Gasteiger charge is -2.43. The van der Waals surface area contributed by atoms with Gasteiger partial charge < -0.3 is 5.32 Å². The van der Waals surface area contributed by atoms with Crippen molar-refractivity contribution in [3.63, 3.8) is 0 Å². The van der Waals surface area contributed by atoms with Crippen molar-refractivity contribution in [2.75, 3.05) is 7.05 Å². The summed E-state index contributed by atoms with van der Waals surface area (Å²) in [5, 5.41) is 3.60. The second-order valence-corrected chi connectivity index (χ2v) is 6.79. The molecule has 0 aromatic rings. The van der Waals surface area contributed by atoms with Crippen molar-refractivity contribution < 1.29 is 0 Å². The summed E-state index contributed by atoms with van der Waals surface area (Å²) < 4.78 is 0. The van der Waals surface area contributed by atoms with E-state index in [0.29, 0.717) is 11.5 Å².